The number of piperidine rings is 1. The predicted octanol–water partition coefficient (Wildman–Crippen LogP) is 8.16. The van der Waals surface area contributed by atoms with Crippen LogP contribution in [-0.2, 0) is 6.42 Å². The molecule has 43 heavy (non-hydrogen) atoms. The van der Waals surface area contributed by atoms with Crippen molar-refractivity contribution in [3.8, 4) is 11.3 Å². The Morgan fingerprint density at radius 3 is 2.44 bits per heavy atom. The summed E-state index contributed by atoms with van der Waals surface area (Å²) in [5, 5.41) is 8.32. The van der Waals surface area contributed by atoms with E-state index in [1.807, 2.05) is 60.7 Å². The topological polar surface area (TPSA) is 91.5 Å². The lowest BCUT2D eigenvalue weighted by atomic mass is 9.90. The first kappa shape index (κ1) is 30.1. The van der Waals surface area contributed by atoms with Crippen molar-refractivity contribution < 1.29 is 4.42 Å². The number of hydrogen-bond donors (Lipinski definition) is 2. The Morgan fingerprint density at radius 1 is 0.907 bits per heavy atom. The normalized spacial score (nSPS) is 13.6. The third-order valence-electron chi connectivity index (χ3n) is 7.29. The molecule has 0 radical (unpaired) electrons. The molecule has 3 aromatic carbocycles. The molecule has 0 saturated carbocycles. The van der Waals surface area contributed by atoms with E-state index in [0.717, 1.165) is 43.6 Å². The highest BCUT2D eigenvalue weighted by molar-refractivity contribution is 6.30. The maximum atomic E-state index is 6.13. The van der Waals surface area contributed by atoms with E-state index in [1.54, 1.807) is 6.21 Å². The van der Waals surface area contributed by atoms with Crippen LogP contribution in [0, 0.1) is 12.8 Å². The van der Waals surface area contributed by atoms with E-state index in [0.29, 0.717) is 40.3 Å². The number of aromatic nitrogens is 3. The van der Waals surface area contributed by atoms with Crippen LogP contribution in [0.2, 0.25) is 5.02 Å². The Bertz CT molecular complexity index is 1650. The molecule has 6 rings (SSSR count). The fraction of sp³-hybridized carbons (Fsp3) is 0.212. The van der Waals surface area contributed by atoms with Crippen molar-refractivity contribution >= 4 is 53.8 Å². The molecule has 8 nitrogen and oxygen atoms in total. The zero-order valence-corrected chi connectivity index (χ0v) is 25.4. The number of aryl methyl sites for hydroxylation is 1. The highest BCUT2D eigenvalue weighted by atomic mass is 35.5. The summed E-state index contributed by atoms with van der Waals surface area (Å²) in [4.78, 5) is 16.3. The van der Waals surface area contributed by atoms with Crippen molar-refractivity contribution in [1.82, 2.24) is 15.0 Å². The van der Waals surface area contributed by atoms with Crippen molar-refractivity contribution in [2.24, 2.45) is 11.0 Å². The second-order valence-electron chi connectivity index (χ2n) is 10.5. The summed E-state index contributed by atoms with van der Waals surface area (Å²) in [7, 11) is 0. The summed E-state index contributed by atoms with van der Waals surface area (Å²) < 4.78 is 5.92. The number of furan rings is 1. The molecule has 0 bridgehead atoms. The molecular weight excluding hydrogens is 581 g/mol. The van der Waals surface area contributed by atoms with Crippen LogP contribution in [0.15, 0.2) is 101 Å². The number of halogens is 2. The van der Waals surface area contributed by atoms with Gasteiger partial charge < -0.3 is 14.6 Å². The number of hydrogen-bond acceptors (Lipinski definition) is 8. The molecule has 1 aliphatic heterocycles. The molecule has 1 aliphatic rings. The van der Waals surface area contributed by atoms with Gasteiger partial charge in [0.15, 0.2) is 0 Å². The van der Waals surface area contributed by atoms with Gasteiger partial charge in [0.1, 0.15) is 11.5 Å². The van der Waals surface area contributed by atoms with Gasteiger partial charge in [0.05, 0.1) is 6.21 Å². The molecule has 0 atom stereocenters. The van der Waals surface area contributed by atoms with Crippen molar-refractivity contribution in [3.63, 3.8) is 0 Å². The number of hydrazone groups is 1. The van der Waals surface area contributed by atoms with Gasteiger partial charge in [-0.15, -0.1) is 12.4 Å². The minimum atomic E-state index is 0. The first-order valence-corrected chi connectivity index (χ1v) is 14.5. The number of nitrogens with one attached hydrogen (secondary N) is 2. The van der Waals surface area contributed by atoms with Gasteiger partial charge in [0, 0.05) is 29.4 Å². The molecule has 3 heterocycles. The van der Waals surface area contributed by atoms with Crippen LogP contribution >= 0.6 is 24.0 Å². The van der Waals surface area contributed by atoms with Crippen molar-refractivity contribution in [3.05, 3.63) is 113 Å². The molecular formula is C33H33Cl2N7O. The maximum Gasteiger partial charge on any atom is 0.250 e. The molecule has 1 saturated heterocycles. The van der Waals surface area contributed by atoms with Gasteiger partial charge in [-0.3, -0.25) is 0 Å². The minimum absolute atomic E-state index is 0. The molecule has 0 spiro atoms. The SMILES string of the molecule is Cc1ccc(Nc2nc(N/N=C/c3ccc(-c4cccc(Cl)c4)o3)nc(N3CCC(Cc4ccccc4)CC3)n2)cc1.Cl. The average Bonchev–Trinajstić information content (AvgIpc) is 3.48. The molecule has 2 N–H and O–H groups in total. The lowest BCUT2D eigenvalue weighted by molar-refractivity contribution is 0.400. The van der Waals surface area contributed by atoms with E-state index < -0.39 is 0 Å². The molecule has 0 unspecified atom stereocenters. The highest BCUT2D eigenvalue weighted by Crippen LogP contribution is 2.27. The average molecular weight is 615 g/mol. The van der Waals surface area contributed by atoms with Gasteiger partial charge >= 0.3 is 0 Å². The van der Waals surface area contributed by atoms with Crippen molar-refractivity contribution in [2.75, 3.05) is 28.7 Å². The highest BCUT2D eigenvalue weighted by Gasteiger charge is 2.22. The number of rotatable bonds is 9. The van der Waals surface area contributed by atoms with Gasteiger partial charge in [0.2, 0.25) is 17.8 Å². The van der Waals surface area contributed by atoms with E-state index in [1.165, 1.54) is 11.1 Å². The first-order valence-electron chi connectivity index (χ1n) is 14.1. The number of nitrogens with zero attached hydrogens (tertiary/aromatic N) is 5. The molecule has 1 fully saturated rings. The summed E-state index contributed by atoms with van der Waals surface area (Å²) in [5.74, 6) is 3.36. The second-order valence-corrected chi connectivity index (χ2v) is 10.9. The quantitative estimate of drug-likeness (QED) is 0.128. The molecule has 0 amide bonds. The largest absolute Gasteiger partial charge is 0.455 e. The van der Waals surface area contributed by atoms with E-state index in [9.17, 15) is 0 Å². The second kappa shape index (κ2) is 14.2. The molecule has 5 aromatic rings. The summed E-state index contributed by atoms with van der Waals surface area (Å²) in [6.45, 7) is 3.82. The summed E-state index contributed by atoms with van der Waals surface area (Å²) >= 11 is 6.13. The number of anilines is 4. The predicted molar refractivity (Wildman–Crippen MR) is 177 cm³/mol. The van der Waals surface area contributed by atoms with Crippen molar-refractivity contribution in [2.45, 2.75) is 26.2 Å². The Kier molecular flexibility index (Phi) is 9.92. The summed E-state index contributed by atoms with van der Waals surface area (Å²) in [6, 6.07) is 30.1. The number of benzene rings is 3. The van der Waals surface area contributed by atoms with Crippen LogP contribution in [-0.4, -0.2) is 34.3 Å². The smallest absolute Gasteiger partial charge is 0.250 e. The Morgan fingerprint density at radius 2 is 1.67 bits per heavy atom. The Labute approximate surface area is 262 Å². The lowest BCUT2D eigenvalue weighted by Gasteiger charge is -2.32. The van der Waals surface area contributed by atoms with E-state index in [4.69, 9.17) is 26.0 Å². The van der Waals surface area contributed by atoms with Crippen molar-refractivity contribution in [1.29, 1.82) is 0 Å². The fourth-order valence-corrected chi connectivity index (χ4v) is 5.23. The van der Waals surface area contributed by atoms with Gasteiger partial charge in [-0.25, -0.2) is 5.43 Å². The van der Waals surface area contributed by atoms with Crippen LogP contribution in [0.5, 0.6) is 0 Å². The van der Waals surface area contributed by atoms with Crippen LogP contribution in [0.4, 0.5) is 23.5 Å². The maximum absolute atomic E-state index is 6.13. The first-order chi connectivity index (χ1) is 20.6. The Hall–Kier alpha value is -4.40. The molecule has 10 heteroatoms. The third-order valence-corrected chi connectivity index (χ3v) is 7.52. The van der Waals surface area contributed by atoms with Gasteiger partial charge in [-0.05, 0) is 74.1 Å². The monoisotopic (exact) mass is 613 g/mol. The zero-order valence-electron chi connectivity index (χ0n) is 23.8. The lowest BCUT2D eigenvalue weighted by Crippen LogP contribution is -2.35. The van der Waals surface area contributed by atoms with Crippen LogP contribution in [0.25, 0.3) is 11.3 Å². The third kappa shape index (κ3) is 8.12. The summed E-state index contributed by atoms with van der Waals surface area (Å²) in [6.07, 6.45) is 4.85. The van der Waals surface area contributed by atoms with Gasteiger partial charge in [-0.2, -0.15) is 20.1 Å². The van der Waals surface area contributed by atoms with E-state index in [-0.39, 0.29) is 12.4 Å². The van der Waals surface area contributed by atoms with E-state index in [2.05, 4.69) is 63.0 Å². The molecule has 0 aliphatic carbocycles. The van der Waals surface area contributed by atoms with Gasteiger partial charge in [0.25, 0.3) is 0 Å². The van der Waals surface area contributed by atoms with E-state index >= 15 is 0 Å². The van der Waals surface area contributed by atoms with Gasteiger partial charge in [-0.1, -0.05) is 71.8 Å². The standard InChI is InChI=1S/C33H32ClN7O.ClH/c1-23-10-12-28(13-11-23)36-31-37-32(40-35-22-29-14-15-30(42-29)26-8-5-9-27(34)21-26)39-33(38-31)41-18-16-25(17-19-41)20-24-6-3-2-4-7-24;/h2-15,21-22,25H,16-20H2,1H3,(H2,36,37,38,39,40);1H/b35-22+;. The fourth-order valence-electron chi connectivity index (χ4n) is 5.04. The Balaban J connectivity index is 0.00000368. The van der Waals surface area contributed by atoms with Crippen LogP contribution in [0.1, 0.15) is 29.7 Å². The minimum Gasteiger partial charge on any atom is -0.455 e. The molecule has 2 aromatic heterocycles. The zero-order chi connectivity index (χ0) is 28.7. The van der Waals surface area contributed by atoms with Crippen LogP contribution in [0.3, 0.4) is 0 Å². The summed E-state index contributed by atoms with van der Waals surface area (Å²) in [5.41, 5.74) is 7.34. The van der Waals surface area contributed by atoms with Crippen LogP contribution < -0.4 is 15.6 Å². The molecule has 220 valence electrons.